The van der Waals surface area contributed by atoms with Gasteiger partial charge in [0.2, 0.25) is 5.91 Å². The van der Waals surface area contributed by atoms with E-state index in [4.69, 9.17) is 0 Å². The highest BCUT2D eigenvalue weighted by molar-refractivity contribution is 5.82. The fourth-order valence-corrected chi connectivity index (χ4v) is 4.86. The number of amides is 1. The first-order valence-electron chi connectivity index (χ1n) is 9.94. The molecule has 1 N–H and O–H groups in total. The zero-order valence-electron chi connectivity index (χ0n) is 17.3. The minimum Gasteiger partial charge on any atom is -0.340 e. The lowest BCUT2D eigenvalue weighted by Gasteiger charge is -2.33. The third-order valence-corrected chi connectivity index (χ3v) is 6.43. The number of aryl methyl sites for hydroxylation is 1. The van der Waals surface area contributed by atoms with Crippen molar-refractivity contribution in [3.05, 3.63) is 17.0 Å². The van der Waals surface area contributed by atoms with Crippen molar-refractivity contribution in [3.8, 4) is 0 Å². The third-order valence-electron chi connectivity index (χ3n) is 6.43. The number of carbonyl (C=O) groups is 1. The number of rotatable bonds is 4. The summed E-state index contributed by atoms with van der Waals surface area (Å²) in [5.74, 6) is 0.249. The zero-order chi connectivity index (χ0) is 19.1. The monoisotopic (exact) mass is 361 g/mol. The van der Waals surface area contributed by atoms with Crippen molar-refractivity contribution in [1.82, 2.24) is 24.9 Å². The summed E-state index contributed by atoms with van der Waals surface area (Å²) in [5, 5.41) is 8.12. The van der Waals surface area contributed by atoms with Gasteiger partial charge in [-0.3, -0.25) is 14.4 Å². The molecule has 0 saturated carbocycles. The first-order chi connectivity index (χ1) is 12.2. The molecule has 2 aliphatic rings. The van der Waals surface area contributed by atoms with Gasteiger partial charge < -0.3 is 10.2 Å². The van der Waals surface area contributed by atoms with Gasteiger partial charge in [-0.1, -0.05) is 0 Å². The molecule has 1 atom stereocenters. The number of nitrogens with zero attached hydrogens (tertiary/aromatic N) is 4. The number of carbonyl (C=O) groups excluding carboxylic acids is 1. The van der Waals surface area contributed by atoms with Crippen LogP contribution in [0.4, 0.5) is 0 Å². The molecule has 1 spiro atoms. The van der Waals surface area contributed by atoms with Crippen LogP contribution in [0.15, 0.2) is 0 Å². The van der Waals surface area contributed by atoms with Gasteiger partial charge in [0, 0.05) is 37.4 Å². The van der Waals surface area contributed by atoms with E-state index >= 15 is 0 Å². The van der Waals surface area contributed by atoms with Crippen LogP contribution in [0.2, 0.25) is 0 Å². The number of likely N-dealkylation sites (N-methyl/N-ethyl adjacent to an activating group) is 2. The Hall–Kier alpha value is -1.40. The number of hydrogen-bond donors (Lipinski definition) is 1. The van der Waals surface area contributed by atoms with Crippen molar-refractivity contribution >= 4 is 5.91 Å². The Balaban J connectivity index is 1.70. The summed E-state index contributed by atoms with van der Waals surface area (Å²) in [7, 11) is 4.05. The van der Waals surface area contributed by atoms with E-state index in [1.54, 1.807) is 0 Å². The van der Waals surface area contributed by atoms with Gasteiger partial charge in [0.15, 0.2) is 0 Å². The Morgan fingerprint density at radius 1 is 1.35 bits per heavy atom. The van der Waals surface area contributed by atoms with E-state index in [9.17, 15) is 4.79 Å². The Morgan fingerprint density at radius 3 is 2.58 bits per heavy atom. The van der Waals surface area contributed by atoms with E-state index in [-0.39, 0.29) is 11.9 Å². The minimum atomic E-state index is 0.0128. The minimum absolute atomic E-state index is 0.0128. The van der Waals surface area contributed by atoms with Crippen LogP contribution in [0, 0.1) is 19.3 Å². The highest BCUT2D eigenvalue weighted by atomic mass is 16.2. The van der Waals surface area contributed by atoms with Crippen LogP contribution in [0.1, 0.15) is 56.1 Å². The van der Waals surface area contributed by atoms with Crippen molar-refractivity contribution in [2.45, 2.75) is 65.6 Å². The molecule has 0 aromatic carbocycles. The molecule has 2 saturated heterocycles. The molecule has 1 amide bonds. The molecule has 0 unspecified atom stereocenters. The second-order valence-electron chi connectivity index (χ2n) is 8.77. The van der Waals surface area contributed by atoms with Crippen LogP contribution >= 0.6 is 0 Å². The highest BCUT2D eigenvalue weighted by Crippen LogP contribution is 2.41. The lowest BCUT2D eigenvalue weighted by Crippen LogP contribution is -2.42. The van der Waals surface area contributed by atoms with Crippen molar-refractivity contribution in [2.24, 2.45) is 5.41 Å². The molecule has 3 rings (SSSR count). The quantitative estimate of drug-likeness (QED) is 0.892. The van der Waals surface area contributed by atoms with Gasteiger partial charge in [-0.25, -0.2) is 0 Å². The summed E-state index contributed by atoms with van der Waals surface area (Å²) < 4.78 is 2.06. The van der Waals surface area contributed by atoms with Crippen LogP contribution in [-0.2, 0) is 11.3 Å². The average Bonchev–Trinajstić information content (AvgIpc) is 3.05. The number of nitrogens with one attached hydrogen (secondary N) is 1. The summed E-state index contributed by atoms with van der Waals surface area (Å²) in [6.07, 6.45) is 3.37. The largest absolute Gasteiger partial charge is 0.340 e. The predicted molar refractivity (Wildman–Crippen MR) is 104 cm³/mol. The maximum atomic E-state index is 13.2. The fourth-order valence-electron chi connectivity index (χ4n) is 4.86. The van der Waals surface area contributed by atoms with E-state index in [0.29, 0.717) is 18.0 Å². The molecule has 1 aromatic rings. The summed E-state index contributed by atoms with van der Waals surface area (Å²) in [4.78, 5) is 17.4. The van der Waals surface area contributed by atoms with Gasteiger partial charge in [0.1, 0.15) is 0 Å². The summed E-state index contributed by atoms with van der Waals surface area (Å²) in [5.41, 5.74) is 3.72. The molecule has 146 valence electrons. The van der Waals surface area contributed by atoms with Crippen LogP contribution in [-0.4, -0.2) is 65.3 Å². The van der Waals surface area contributed by atoms with E-state index < -0.39 is 0 Å². The summed E-state index contributed by atoms with van der Waals surface area (Å²) in [6, 6.07) is 0.350. The summed E-state index contributed by atoms with van der Waals surface area (Å²) >= 11 is 0. The second-order valence-corrected chi connectivity index (χ2v) is 8.77. The van der Waals surface area contributed by atoms with Gasteiger partial charge in [-0.15, -0.1) is 0 Å². The molecule has 2 aliphatic heterocycles. The molecule has 0 bridgehead atoms. The Morgan fingerprint density at radius 2 is 2.00 bits per heavy atom. The number of piperidine rings is 1. The Labute approximate surface area is 157 Å². The molecular formula is C20H35N5O. The Bertz CT molecular complexity index is 659. The van der Waals surface area contributed by atoms with Crippen LogP contribution in [0.25, 0.3) is 0 Å². The fraction of sp³-hybridized carbons (Fsp3) is 0.800. The van der Waals surface area contributed by atoms with Crippen molar-refractivity contribution in [3.63, 3.8) is 0 Å². The van der Waals surface area contributed by atoms with Crippen LogP contribution in [0.5, 0.6) is 0 Å². The van der Waals surface area contributed by atoms with Crippen molar-refractivity contribution < 1.29 is 4.79 Å². The molecule has 2 fully saturated rings. The van der Waals surface area contributed by atoms with E-state index in [0.717, 1.165) is 31.7 Å². The predicted octanol–water partition coefficient (Wildman–Crippen LogP) is 2.11. The normalized spacial score (nSPS) is 23.1. The summed E-state index contributed by atoms with van der Waals surface area (Å²) in [6.45, 7) is 12.3. The SMILES string of the molecule is Cc1nn(C(C)C)c(C)c1CN(C)C(=O)[C@H]1CC2(CCNCC2)CN1C. The lowest BCUT2D eigenvalue weighted by molar-refractivity contribution is -0.134. The number of hydrogen-bond acceptors (Lipinski definition) is 4. The molecule has 1 aromatic heterocycles. The molecule has 3 heterocycles. The van der Waals surface area contributed by atoms with Gasteiger partial charge in [-0.2, -0.15) is 5.10 Å². The molecular weight excluding hydrogens is 326 g/mol. The van der Waals surface area contributed by atoms with E-state index in [1.807, 2.05) is 18.9 Å². The van der Waals surface area contributed by atoms with Gasteiger partial charge >= 0.3 is 0 Å². The molecule has 26 heavy (non-hydrogen) atoms. The smallest absolute Gasteiger partial charge is 0.239 e. The maximum Gasteiger partial charge on any atom is 0.239 e. The maximum absolute atomic E-state index is 13.2. The molecule has 6 nitrogen and oxygen atoms in total. The van der Waals surface area contributed by atoms with Crippen molar-refractivity contribution in [2.75, 3.05) is 33.7 Å². The molecule has 0 aliphatic carbocycles. The van der Waals surface area contributed by atoms with Crippen LogP contribution < -0.4 is 5.32 Å². The molecule has 6 heteroatoms. The zero-order valence-corrected chi connectivity index (χ0v) is 17.3. The standard InChI is InChI=1S/C20H35N5O/c1-14(2)25-16(4)17(15(3)22-25)12-23(5)19(26)18-11-20(13-24(18)6)7-9-21-10-8-20/h14,18,21H,7-13H2,1-6H3/t18-/m1/s1. The Kier molecular flexibility index (Phi) is 5.45. The topological polar surface area (TPSA) is 53.4 Å². The van der Waals surface area contributed by atoms with Crippen LogP contribution in [0.3, 0.4) is 0 Å². The number of likely N-dealkylation sites (tertiary alicyclic amines) is 1. The lowest BCUT2D eigenvalue weighted by atomic mass is 9.77. The molecule has 0 radical (unpaired) electrons. The van der Waals surface area contributed by atoms with E-state index in [2.05, 4.69) is 47.8 Å². The van der Waals surface area contributed by atoms with Gasteiger partial charge in [0.05, 0.1) is 11.7 Å². The van der Waals surface area contributed by atoms with Crippen molar-refractivity contribution in [1.29, 1.82) is 0 Å². The number of aromatic nitrogens is 2. The van der Waals surface area contributed by atoms with Gasteiger partial charge in [-0.05, 0) is 72.5 Å². The first-order valence-corrected chi connectivity index (χ1v) is 9.94. The second kappa shape index (κ2) is 7.31. The highest BCUT2D eigenvalue weighted by Gasteiger charge is 2.46. The van der Waals surface area contributed by atoms with E-state index in [1.165, 1.54) is 24.1 Å². The van der Waals surface area contributed by atoms with Gasteiger partial charge in [0.25, 0.3) is 0 Å². The average molecular weight is 362 g/mol. The third kappa shape index (κ3) is 3.54. The first kappa shape index (κ1) is 19.4.